The summed E-state index contributed by atoms with van der Waals surface area (Å²) < 4.78 is 5.10. The largest absolute Gasteiger partial charge is 0.465 e. The van der Waals surface area contributed by atoms with Crippen LogP contribution in [0.5, 0.6) is 0 Å². The SMILES string of the molecule is CCOC(=O)C(CN1CCN2CCCCC2C1)NC. The molecule has 2 heterocycles. The van der Waals surface area contributed by atoms with Crippen LogP contribution in [0.2, 0.25) is 0 Å². The second-order valence-corrected chi connectivity index (χ2v) is 5.54. The maximum Gasteiger partial charge on any atom is 0.324 e. The number of likely N-dealkylation sites (N-methyl/N-ethyl adjacent to an activating group) is 1. The number of carbonyl (C=O) groups is 1. The highest BCUT2D eigenvalue weighted by atomic mass is 16.5. The van der Waals surface area contributed by atoms with E-state index in [0.717, 1.165) is 26.2 Å². The van der Waals surface area contributed by atoms with E-state index in [1.165, 1.54) is 25.8 Å². The summed E-state index contributed by atoms with van der Waals surface area (Å²) in [7, 11) is 1.83. The van der Waals surface area contributed by atoms with Crippen LogP contribution in [-0.4, -0.2) is 74.2 Å². The third-order valence-electron chi connectivity index (χ3n) is 4.28. The molecule has 0 aliphatic carbocycles. The van der Waals surface area contributed by atoms with Gasteiger partial charge in [0.25, 0.3) is 0 Å². The summed E-state index contributed by atoms with van der Waals surface area (Å²) in [6.07, 6.45) is 4.00. The van der Waals surface area contributed by atoms with E-state index in [-0.39, 0.29) is 12.0 Å². The first-order chi connectivity index (χ1) is 9.24. The zero-order valence-corrected chi connectivity index (χ0v) is 12.2. The predicted octanol–water partition coefficient (Wildman–Crippen LogP) is 0.308. The van der Waals surface area contributed by atoms with Gasteiger partial charge in [-0.05, 0) is 33.4 Å². The molecule has 2 saturated heterocycles. The average Bonchev–Trinajstić information content (AvgIpc) is 2.44. The quantitative estimate of drug-likeness (QED) is 0.728. The molecule has 5 nitrogen and oxygen atoms in total. The Kier molecular flexibility index (Phi) is 5.60. The number of carbonyl (C=O) groups excluding carboxylic acids is 1. The van der Waals surface area contributed by atoms with Crippen molar-refractivity contribution in [3.05, 3.63) is 0 Å². The molecule has 2 atom stereocenters. The van der Waals surface area contributed by atoms with Crippen LogP contribution in [0, 0.1) is 0 Å². The monoisotopic (exact) mass is 269 g/mol. The lowest BCUT2D eigenvalue weighted by Crippen LogP contribution is -2.57. The van der Waals surface area contributed by atoms with Gasteiger partial charge in [-0.15, -0.1) is 0 Å². The van der Waals surface area contributed by atoms with E-state index in [2.05, 4.69) is 15.1 Å². The lowest BCUT2D eigenvalue weighted by Gasteiger charge is -2.44. The van der Waals surface area contributed by atoms with E-state index < -0.39 is 0 Å². The molecule has 0 amide bonds. The Morgan fingerprint density at radius 1 is 1.37 bits per heavy atom. The normalized spacial score (nSPS) is 26.7. The van der Waals surface area contributed by atoms with E-state index in [1.807, 2.05) is 14.0 Å². The summed E-state index contributed by atoms with van der Waals surface area (Å²) in [5.41, 5.74) is 0. The Morgan fingerprint density at radius 3 is 2.95 bits per heavy atom. The van der Waals surface area contributed by atoms with Crippen LogP contribution in [0.25, 0.3) is 0 Å². The maximum atomic E-state index is 11.8. The molecule has 0 aromatic carbocycles. The van der Waals surface area contributed by atoms with Crippen molar-refractivity contribution < 1.29 is 9.53 Å². The summed E-state index contributed by atoms with van der Waals surface area (Å²) in [6, 6.07) is 0.497. The molecule has 0 radical (unpaired) electrons. The van der Waals surface area contributed by atoms with E-state index in [0.29, 0.717) is 12.6 Å². The van der Waals surface area contributed by atoms with Crippen molar-refractivity contribution in [1.82, 2.24) is 15.1 Å². The molecular formula is C14H27N3O2. The standard InChI is InChI=1S/C14H27N3O2/c1-3-19-14(18)13(15-2)11-16-8-9-17-7-5-4-6-12(17)10-16/h12-13,15H,3-11H2,1-2H3. The van der Waals surface area contributed by atoms with Crippen LogP contribution in [0.4, 0.5) is 0 Å². The maximum absolute atomic E-state index is 11.8. The zero-order valence-electron chi connectivity index (χ0n) is 12.2. The Labute approximate surface area is 116 Å². The molecule has 2 aliphatic rings. The Hall–Kier alpha value is -0.650. The zero-order chi connectivity index (χ0) is 13.7. The third kappa shape index (κ3) is 3.91. The number of fused-ring (bicyclic) bond motifs is 1. The highest BCUT2D eigenvalue weighted by Crippen LogP contribution is 2.21. The van der Waals surface area contributed by atoms with Crippen molar-refractivity contribution in [2.45, 2.75) is 38.3 Å². The van der Waals surface area contributed by atoms with Crippen LogP contribution in [0.15, 0.2) is 0 Å². The summed E-state index contributed by atoms with van der Waals surface area (Å²) in [4.78, 5) is 16.8. The molecule has 2 unspecified atom stereocenters. The van der Waals surface area contributed by atoms with Crippen LogP contribution in [0.3, 0.4) is 0 Å². The van der Waals surface area contributed by atoms with Crippen molar-refractivity contribution in [2.24, 2.45) is 0 Å². The number of ether oxygens (including phenoxy) is 1. The lowest BCUT2D eigenvalue weighted by atomic mass is 9.99. The Morgan fingerprint density at radius 2 is 2.21 bits per heavy atom. The van der Waals surface area contributed by atoms with Crippen molar-refractivity contribution in [3.63, 3.8) is 0 Å². The van der Waals surface area contributed by atoms with E-state index in [1.54, 1.807) is 0 Å². The fourth-order valence-corrected chi connectivity index (χ4v) is 3.17. The highest BCUT2D eigenvalue weighted by molar-refractivity contribution is 5.76. The Bertz CT molecular complexity index is 298. The van der Waals surface area contributed by atoms with Gasteiger partial charge in [0.15, 0.2) is 0 Å². The van der Waals surface area contributed by atoms with Gasteiger partial charge in [-0.2, -0.15) is 0 Å². The molecule has 110 valence electrons. The first kappa shape index (κ1) is 14.8. The average molecular weight is 269 g/mol. The number of piperidine rings is 1. The van der Waals surface area contributed by atoms with Crippen molar-refractivity contribution in [3.8, 4) is 0 Å². The molecule has 1 N–H and O–H groups in total. The summed E-state index contributed by atoms with van der Waals surface area (Å²) in [6.45, 7) is 7.62. The van der Waals surface area contributed by atoms with E-state index >= 15 is 0 Å². The van der Waals surface area contributed by atoms with Gasteiger partial charge in [-0.1, -0.05) is 6.42 Å². The first-order valence-corrected chi connectivity index (χ1v) is 7.55. The highest BCUT2D eigenvalue weighted by Gasteiger charge is 2.31. The summed E-state index contributed by atoms with van der Waals surface area (Å²) >= 11 is 0. The molecule has 0 bridgehead atoms. The molecule has 0 spiro atoms. The number of piperazine rings is 1. The van der Waals surface area contributed by atoms with Gasteiger partial charge in [0, 0.05) is 32.2 Å². The predicted molar refractivity (Wildman–Crippen MR) is 75.1 cm³/mol. The van der Waals surface area contributed by atoms with Gasteiger partial charge in [0.1, 0.15) is 6.04 Å². The smallest absolute Gasteiger partial charge is 0.324 e. The second kappa shape index (κ2) is 7.22. The number of rotatable bonds is 5. The number of esters is 1. The molecule has 0 saturated carbocycles. The second-order valence-electron chi connectivity index (χ2n) is 5.54. The first-order valence-electron chi connectivity index (χ1n) is 7.55. The number of nitrogens with one attached hydrogen (secondary N) is 1. The summed E-state index contributed by atoms with van der Waals surface area (Å²) in [5.74, 6) is -0.129. The topological polar surface area (TPSA) is 44.8 Å². The molecule has 2 rings (SSSR count). The van der Waals surface area contributed by atoms with Crippen LogP contribution in [0.1, 0.15) is 26.2 Å². The van der Waals surface area contributed by atoms with Gasteiger partial charge in [-0.25, -0.2) is 0 Å². The van der Waals surface area contributed by atoms with Gasteiger partial charge in [0.05, 0.1) is 6.61 Å². The number of hydrogen-bond acceptors (Lipinski definition) is 5. The van der Waals surface area contributed by atoms with Gasteiger partial charge < -0.3 is 10.1 Å². The molecule has 5 heteroatoms. The van der Waals surface area contributed by atoms with Gasteiger partial charge >= 0.3 is 5.97 Å². The van der Waals surface area contributed by atoms with Crippen LogP contribution < -0.4 is 5.32 Å². The summed E-state index contributed by atoms with van der Waals surface area (Å²) in [5, 5.41) is 3.08. The fraction of sp³-hybridized carbons (Fsp3) is 0.929. The number of nitrogens with zero attached hydrogens (tertiary/aromatic N) is 2. The third-order valence-corrected chi connectivity index (χ3v) is 4.28. The minimum atomic E-state index is -0.199. The molecular weight excluding hydrogens is 242 g/mol. The molecule has 0 aromatic heterocycles. The van der Waals surface area contributed by atoms with Gasteiger partial charge in [-0.3, -0.25) is 14.6 Å². The lowest BCUT2D eigenvalue weighted by molar-refractivity contribution is -0.146. The molecule has 2 fully saturated rings. The number of hydrogen-bond donors (Lipinski definition) is 1. The van der Waals surface area contributed by atoms with Crippen LogP contribution >= 0.6 is 0 Å². The van der Waals surface area contributed by atoms with Crippen molar-refractivity contribution in [1.29, 1.82) is 0 Å². The fourth-order valence-electron chi connectivity index (χ4n) is 3.17. The van der Waals surface area contributed by atoms with Crippen molar-refractivity contribution >= 4 is 5.97 Å². The molecule has 2 aliphatic heterocycles. The Balaban J connectivity index is 1.83. The molecule has 19 heavy (non-hydrogen) atoms. The molecule has 0 aromatic rings. The van der Waals surface area contributed by atoms with Crippen LogP contribution in [-0.2, 0) is 9.53 Å². The minimum absolute atomic E-state index is 0.129. The van der Waals surface area contributed by atoms with E-state index in [4.69, 9.17) is 4.74 Å². The van der Waals surface area contributed by atoms with Gasteiger partial charge in [0.2, 0.25) is 0 Å². The van der Waals surface area contributed by atoms with E-state index in [9.17, 15) is 4.79 Å². The minimum Gasteiger partial charge on any atom is -0.465 e. The van der Waals surface area contributed by atoms with Crippen molar-refractivity contribution in [2.75, 3.05) is 46.4 Å².